The molecule has 4 rings (SSSR count). The van der Waals surface area contributed by atoms with E-state index in [2.05, 4.69) is 135 Å². The minimum atomic E-state index is -3.69. The molecule has 0 fully saturated rings. The second-order valence-electron chi connectivity index (χ2n) is 8.04. The molecule has 37 heavy (non-hydrogen) atoms. The maximum Gasteiger partial charge on any atom is 0.472 e. The van der Waals surface area contributed by atoms with Crippen LogP contribution in [0.25, 0.3) is 0 Å². The quantitative estimate of drug-likeness (QED) is 0.0864. The Kier molecular flexibility index (Phi) is 11.0. The molecular weight excluding hydrogens is 600 g/mol. The van der Waals surface area contributed by atoms with Gasteiger partial charge in [0, 0.05) is 0 Å². The Labute approximate surface area is 232 Å². The van der Waals surface area contributed by atoms with Crippen LogP contribution in [0.2, 0.25) is 0 Å². The lowest BCUT2D eigenvalue weighted by Gasteiger charge is -2.35. The summed E-state index contributed by atoms with van der Waals surface area (Å²) in [5, 5.41) is 4.98. The molecule has 0 bridgehead atoms. The summed E-state index contributed by atoms with van der Waals surface area (Å²) < 4.78 is 21.6. The van der Waals surface area contributed by atoms with Gasteiger partial charge in [-0.25, -0.2) is 14.2 Å². The van der Waals surface area contributed by atoms with Crippen LogP contribution in [0.5, 0.6) is 0 Å². The van der Waals surface area contributed by atoms with Gasteiger partial charge in [-0.1, -0.05) is 121 Å². The second kappa shape index (κ2) is 14.0. The van der Waals surface area contributed by atoms with Gasteiger partial charge in [-0.3, -0.25) is 9.05 Å². The Balaban J connectivity index is 0.000000364. The molecule has 0 aliphatic rings. The minimum Gasteiger partial charge on any atom is -0.302 e. The average molecular weight is 633 g/mol. The van der Waals surface area contributed by atoms with E-state index in [1.807, 2.05) is 11.0 Å². The molecule has 9 heteroatoms. The molecule has 0 aliphatic heterocycles. The van der Waals surface area contributed by atoms with E-state index in [-0.39, 0.29) is 13.2 Å². The standard InChI is InChI=1S/C24H22IN3.C4H11O4P/c1-2-22(25)23-26-18-28(27-23)24(19-12-6-3-7-13-19,20-14-8-4-9-15-20)21-16-10-5-11-17-21;1-3-7-9(5,6)8-4-2/h3-18,22H,2H2,1H3;3-4H2,1-2H3,(H,5,6). The first-order valence-electron chi connectivity index (χ1n) is 12.2. The number of aromatic nitrogens is 3. The van der Waals surface area contributed by atoms with E-state index in [9.17, 15) is 4.57 Å². The third-order valence-electron chi connectivity index (χ3n) is 5.65. The molecule has 1 N–H and O–H groups in total. The molecule has 3 aromatic carbocycles. The van der Waals surface area contributed by atoms with E-state index in [1.54, 1.807) is 13.8 Å². The normalized spacial score (nSPS) is 12.5. The SMILES string of the molecule is CCC(I)c1ncn(C(c2ccccc2)(c2ccccc2)c2ccccc2)n1.CCOP(=O)(O)OCC. The fraction of sp³-hybridized carbons (Fsp3) is 0.286. The minimum absolute atomic E-state index is 0.188. The molecule has 7 nitrogen and oxygen atoms in total. The van der Waals surface area contributed by atoms with Crippen LogP contribution < -0.4 is 0 Å². The van der Waals surface area contributed by atoms with E-state index in [0.29, 0.717) is 3.92 Å². The zero-order valence-electron chi connectivity index (χ0n) is 21.3. The fourth-order valence-electron chi connectivity index (χ4n) is 4.06. The van der Waals surface area contributed by atoms with Gasteiger partial charge in [0.2, 0.25) is 0 Å². The summed E-state index contributed by atoms with van der Waals surface area (Å²) >= 11 is 2.42. The highest BCUT2D eigenvalue weighted by atomic mass is 127. The lowest BCUT2D eigenvalue weighted by atomic mass is 9.77. The van der Waals surface area contributed by atoms with Gasteiger partial charge in [-0.05, 0) is 37.0 Å². The van der Waals surface area contributed by atoms with Crippen LogP contribution in [0.3, 0.4) is 0 Å². The number of nitrogens with zero attached hydrogens (tertiary/aromatic N) is 3. The lowest BCUT2D eigenvalue weighted by Crippen LogP contribution is -2.38. The van der Waals surface area contributed by atoms with Gasteiger partial charge in [-0.2, -0.15) is 5.10 Å². The first kappa shape index (κ1) is 29.2. The van der Waals surface area contributed by atoms with Gasteiger partial charge >= 0.3 is 7.82 Å². The van der Waals surface area contributed by atoms with Crippen molar-refractivity contribution in [3.05, 3.63) is 120 Å². The Morgan fingerprint density at radius 3 is 1.59 bits per heavy atom. The van der Waals surface area contributed by atoms with Crippen LogP contribution in [0, 0.1) is 0 Å². The summed E-state index contributed by atoms with van der Waals surface area (Å²) in [5.41, 5.74) is 2.89. The van der Waals surface area contributed by atoms with Crippen LogP contribution in [0.15, 0.2) is 97.3 Å². The topological polar surface area (TPSA) is 86.5 Å². The number of benzene rings is 3. The smallest absolute Gasteiger partial charge is 0.302 e. The molecule has 0 saturated carbocycles. The Bertz CT molecular complexity index is 1150. The van der Waals surface area contributed by atoms with Crippen molar-refractivity contribution >= 4 is 30.4 Å². The number of phosphoric acid groups is 1. The number of hydrogen-bond acceptors (Lipinski definition) is 5. The van der Waals surface area contributed by atoms with Crippen molar-refractivity contribution < 1.29 is 18.5 Å². The summed E-state index contributed by atoms with van der Waals surface area (Å²) in [6, 6.07) is 31.7. The monoisotopic (exact) mass is 633 g/mol. The summed E-state index contributed by atoms with van der Waals surface area (Å²) in [4.78, 5) is 13.3. The second-order valence-corrected chi connectivity index (χ2v) is 11.0. The molecular formula is C28H33IN3O4P. The maximum absolute atomic E-state index is 10.5. The Morgan fingerprint density at radius 2 is 1.24 bits per heavy atom. The van der Waals surface area contributed by atoms with Crippen molar-refractivity contribution in [1.82, 2.24) is 14.8 Å². The van der Waals surface area contributed by atoms with E-state index >= 15 is 0 Å². The molecule has 1 unspecified atom stereocenters. The van der Waals surface area contributed by atoms with Gasteiger partial charge in [0.1, 0.15) is 11.9 Å². The van der Waals surface area contributed by atoms with Crippen LogP contribution in [0.4, 0.5) is 0 Å². The summed E-state index contributed by atoms with van der Waals surface area (Å²) in [6.45, 7) is 5.79. The number of hydrogen-bond donors (Lipinski definition) is 1. The van der Waals surface area contributed by atoms with Crippen molar-refractivity contribution in [3.63, 3.8) is 0 Å². The average Bonchev–Trinajstić information content (AvgIpc) is 3.41. The molecule has 0 saturated heterocycles. The van der Waals surface area contributed by atoms with Crippen LogP contribution >= 0.6 is 30.4 Å². The molecule has 0 radical (unpaired) electrons. The lowest BCUT2D eigenvalue weighted by molar-refractivity contribution is 0.161. The van der Waals surface area contributed by atoms with Crippen LogP contribution in [0.1, 0.15) is 53.6 Å². The van der Waals surface area contributed by atoms with Crippen LogP contribution in [-0.2, 0) is 19.2 Å². The van der Waals surface area contributed by atoms with Crippen molar-refractivity contribution in [3.8, 4) is 0 Å². The molecule has 4 aromatic rings. The highest BCUT2D eigenvalue weighted by molar-refractivity contribution is 14.1. The maximum atomic E-state index is 10.5. The number of rotatable bonds is 10. The third kappa shape index (κ3) is 7.15. The van der Waals surface area contributed by atoms with E-state index in [0.717, 1.165) is 28.9 Å². The third-order valence-corrected chi connectivity index (χ3v) is 8.26. The predicted octanol–water partition coefficient (Wildman–Crippen LogP) is 7.16. The highest BCUT2D eigenvalue weighted by Crippen LogP contribution is 2.42. The first-order valence-corrected chi connectivity index (χ1v) is 15.0. The summed E-state index contributed by atoms with van der Waals surface area (Å²) in [7, 11) is -3.69. The van der Waals surface area contributed by atoms with E-state index < -0.39 is 13.4 Å². The molecule has 1 aromatic heterocycles. The van der Waals surface area contributed by atoms with Crippen molar-refractivity contribution in [2.75, 3.05) is 13.2 Å². The van der Waals surface area contributed by atoms with Gasteiger partial charge in [0.25, 0.3) is 0 Å². The van der Waals surface area contributed by atoms with E-state index in [1.165, 1.54) is 0 Å². The van der Waals surface area contributed by atoms with Gasteiger partial charge in [0.05, 0.1) is 17.1 Å². The van der Waals surface area contributed by atoms with Crippen molar-refractivity contribution in [2.24, 2.45) is 0 Å². The Hall–Kier alpha value is -2.36. The number of halogens is 1. The van der Waals surface area contributed by atoms with Crippen LogP contribution in [-0.4, -0.2) is 32.9 Å². The largest absolute Gasteiger partial charge is 0.472 e. The summed E-state index contributed by atoms with van der Waals surface area (Å²) in [6.07, 6.45) is 2.88. The molecule has 0 amide bonds. The Morgan fingerprint density at radius 1 is 0.838 bits per heavy atom. The van der Waals surface area contributed by atoms with Crippen molar-refractivity contribution in [1.29, 1.82) is 0 Å². The molecule has 196 valence electrons. The molecule has 1 heterocycles. The fourth-order valence-corrected chi connectivity index (χ4v) is 5.07. The zero-order valence-corrected chi connectivity index (χ0v) is 24.3. The van der Waals surface area contributed by atoms with Gasteiger partial charge in [-0.15, -0.1) is 0 Å². The molecule has 1 atom stereocenters. The number of phosphoric ester groups is 1. The molecule has 0 spiro atoms. The molecule has 0 aliphatic carbocycles. The number of alkyl halides is 1. The van der Waals surface area contributed by atoms with E-state index in [4.69, 9.17) is 9.99 Å². The van der Waals surface area contributed by atoms with Gasteiger partial charge < -0.3 is 4.89 Å². The first-order chi connectivity index (χ1) is 17.9. The highest BCUT2D eigenvalue weighted by Gasteiger charge is 2.39. The van der Waals surface area contributed by atoms with Gasteiger partial charge in [0.15, 0.2) is 5.82 Å². The zero-order chi connectivity index (χ0) is 26.7. The van der Waals surface area contributed by atoms with Crippen molar-refractivity contribution in [2.45, 2.75) is 36.7 Å². The summed E-state index contributed by atoms with van der Waals surface area (Å²) in [5.74, 6) is 0.871. The predicted molar refractivity (Wildman–Crippen MR) is 155 cm³/mol.